The van der Waals surface area contributed by atoms with Gasteiger partial charge in [0, 0.05) is 24.9 Å². The number of hydrogen-bond donors (Lipinski definition) is 0. The van der Waals surface area contributed by atoms with E-state index in [0.717, 1.165) is 6.42 Å². The summed E-state index contributed by atoms with van der Waals surface area (Å²) in [6.45, 7) is 6.97. The average molecular weight is 497 g/mol. The Balaban J connectivity index is 1.61. The predicted molar refractivity (Wildman–Crippen MR) is 160 cm³/mol. The van der Waals surface area contributed by atoms with Crippen molar-refractivity contribution in [3.63, 3.8) is 0 Å². The summed E-state index contributed by atoms with van der Waals surface area (Å²) in [5, 5.41) is 0. The Morgan fingerprint density at radius 1 is 0.750 bits per heavy atom. The molecule has 1 aromatic heterocycles. The molecule has 1 heterocycles. The highest BCUT2D eigenvalue weighted by molar-refractivity contribution is 5.19. The molecule has 2 rings (SSSR count). The molecule has 0 N–H and O–H groups in total. The smallest absolute Gasteiger partial charge is 0.109 e. The Kier molecular flexibility index (Phi) is 17.0. The second-order valence-electron chi connectivity index (χ2n) is 11.8. The van der Waals surface area contributed by atoms with Crippen LogP contribution in [-0.4, -0.2) is 9.55 Å². The standard InChI is InChI=1S/C34H60N2/c1-4-6-8-9-10-11-12-13-14-15-16-17-18-19-22-26-34(27-23-20-24-28-34)31-33-35-29-30-36(33)32(3)25-21-7-5-2/h20,23-24,27,29-30,32H,4-19,21-22,25-26,28,31H2,1-3H3. The fourth-order valence-corrected chi connectivity index (χ4v) is 5.99. The van der Waals surface area contributed by atoms with Crippen molar-refractivity contribution in [2.45, 2.75) is 168 Å². The van der Waals surface area contributed by atoms with Crippen LogP contribution in [0, 0.1) is 5.41 Å². The zero-order valence-electron chi connectivity index (χ0n) is 24.5. The van der Waals surface area contributed by atoms with Crippen LogP contribution in [0.5, 0.6) is 0 Å². The molecule has 1 aromatic rings. The molecular weight excluding hydrogens is 436 g/mol. The van der Waals surface area contributed by atoms with E-state index < -0.39 is 0 Å². The van der Waals surface area contributed by atoms with Gasteiger partial charge in [-0.2, -0.15) is 0 Å². The van der Waals surface area contributed by atoms with Crippen LogP contribution in [0.3, 0.4) is 0 Å². The van der Waals surface area contributed by atoms with Gasteiger partial charge in [-0.1, -0.05) is 154 Å². The molecule has 2 unspecified atom stereocenters. The summed E-state index contributed by atoms with van der Waals surface area (Å²) in [7, 11) is 0. The molecular formula is C34H60N2. The van der Waals surface area contributed by atoms with E-state index >= 15 is 0 Å². The van der Waals surface area contributed by atoms with Gasteiger partial charge in [0.1, 0.15) is 5.82 Å². The van der Waals surface area contributed by atoms with Gasteiger partial charge in [-0.05, 0) is 31.6 Å². The maximum absolute atomic E-state index is 4.83. The minimum Gasteiger partial charge on any atom is -0.332 e. The van der Waals surface area contributed by atoms with E-state index in [9.17, 15) is 0 Å². The van der Waals surface area contributed by atoms with E-state index in [1.165, 1.54) is 141 Å². The van der Waals surface area contributed by atoms with Gasteiger partial charge in [0.15, 0.2) is 0 Å². The largest absolute Gasteiger partial charge is 0.332 e. The highest BCUT2D eigenvalue weighted by atomic mass is 15.1. The quantitative estimate of drug-likeness (QED) is 0.138. The summed E-state index contributed by atoms with van der Waals surface area (Å²) in [4.78, 5) is 4.83. The predicted octanol–water partition coefficient (Wildman–Crippen LogP) is 11.3. The van der Waals surface area contributed by atoms with Crippen LogP contribution in [0.4, 0.5) is 0 Å². The lowest BCUT2D eigenvalue weighted by atomic mass is 9.74. The molecule has 0 fully saturated rings. The first-order chi connectivity index (χ1) is 17.7. The summed E-state index contributed by atoms with van der Waals surface area (Å²) in [6.07, 6.45) is 43.9. The number of rotatable bonds is 23. The van der Waals surface area contributed by atoms with Gasteiger partial charge in [0.2, 0.25) is 0 Å². The summed E-state index contributed by atoms with van der Waals surface area (Å²) in [5.74, 6) is 1.29. The maximum Gasteiger partial charge on any atom is 0.109 e. The van der Waals surface area contributed by atoms with Crippen LogP contribution < -0.4 is 0 Å². The molecule has 1 aliphatic rings. The lowest BCUT2D eigenvalue weighted by molar-refractivity contribution is 0.315. The summed E-state index contributed by atoms with van der Waals surface area (Å²) in [5.41, 5.74) is 0.261. The second kappa shape index (κ2) is 19.8. The topological polar surface area (TPSA) is 17.8 Å². The molecule has 0 aromatic carbocycles. The molecule has 206 valence electrons. The number of aromatic nitrogens is 2. The Labute approximate surface area is 225 Å². The zero-order chi connectivity index (χ0) is 25.7. The zero-order valence-corrected chi connectivity index (χ0v) is 24.5. The van der Waals surface area contributed by atoms with E-state index in [1.807, 2.05) is 6.20 Å². The van der Waals surface area contributed by atoms with E-state index in [1.54, 1.807) is 0 Å². The first-order valence-corrected chi connectivity index (χ1v) is 16.1. The molecule has 0 radical (unpaired) electrons. The van der Waals surface area contributed by atoms with Crippen LogP contribution in [0.25, 0.3) is 0 Å². The molecule has 1 aliphatic carbocycles. The van der Waals surface area contributed by atoms with Crippen LogP contribution >= 0.6 is 0 Å². The molecule has 0 saturated heterocycles. The third-order valence-corrected chi connectivity index (χ3v) is 8.46. The summed E-state index contributed by atoms with van der Waals surface area (Å²) < 4.78 is 2.47. The van der Waals surface area contributed by atoms with Crippen molar-refractivity contribution in [3.05, 3.63) is 42.5 Å². The third kappa shape index (κ3) is 12.8. The molecule has 36 heavy (non-hydrogen) atoms. The molecule has 2 atom stereocenters. The van der Waals surface area contributed by atoms with Crippen LogP contribution in [-0.2, 0) is 6.42 Å². The Bertz CT molecular complexity index is 700. The van der Waals surface area contributed by atoms with Crippen LogP contribution in [0.1, 0.15) is 167 Å². The third-order valence-electron chi connectivity index (χ3n) is 8.46. The molecule has 2 nitrogen and oxygen atoms in total. The van der Waals surface area contributed by atoms with Gasteiger partial charge in [-0.25, -0.2) is 4.98 Å². The molecule has 2 heteroatoms. The highest BCUT2D eigenvalue weighted by Gasteiger charge is 2.29. The normalized spacial score (nSPS) is 18.2. The first kappa shape index (κ1) is 30.9. The lowest BCUT2D eigenvalue weighted by Gasteiger charge is -2.32. The molecule has 0 amide bonds. The molecule has 0 spiro atoms. The van der Waals surface area contributed by atoms with Crippen molar-refractivity contribution in [2.24, 2.45) is 5.41 Å². The molecule has 0 bridgehead atoms. The van der Waals surface area contributed by atoms with E-state index in [4.69, 9.17) is 4.98 Å². The Hall–Kier alpha value is -1.31. The van der Waals surface area contributed by atoms with Gasteiger partial charge in [-0.15, -0.1) is 0 Å². The Morgan fingerprint density at radius 2 is 1.31 bits per heavy atom. The summed E-state index contributed by atoms with van der Waals surface area (Å²) in [6, 6.07) is 0.556. The Morgan fingerprint density at radius 3 is 1.86 bits per heavy atom. The van der Waals surface area contributed by atoms with E-state index in [-0.39, 0.29) is 5.41 Å². The van der Waals surface area contributed by atoms with Gasteiger partial charge in [0.25, 0.3) is 0 Å². The second-order valence-corrected chi connectivity index (χ2v) is 11.8. The van der Waals surface area contributed by atoms with Crippen molar-refractivity contribution in [3.8, 4) is 0 Å². The van der Waals surface area contributed by atoms with Crippen molar-refractivity contribution in [2.75, 3.05) is 0 Å². The van der Waals surface area contributed by atoms with Crippen molar-refractivity contribution < 1.29 is 0 Å². The minimum absolute atomic E-state index is 0.261. The van der Waals surface area contributed by atoms with Gasteiger partial charge in [0.05, 0.1) is 0 Å². The minimum atomic E-state index is 0.261. The van der Waals surface area contributed by atoms with Gasteiger partial charge >= 0.3 is 0 Å². The highest BCUT2D eigenvalue weighted by Crippen LogP contribution is 2.38. The monoisotopic (exact) mass is 496 g/mol. The van der Waals surface area contributed by atoms with E-state index in [2.05, 4.69) is 55.8 Å². The molecule has 0 aliphatic heterocycles. The van der Waals surface area contributed by atoms with E-state index in [0.29, 0.717) is 6.04 Å². The first-order valence-electron chi connectivity index (χ1n) is 16.1. The molecule has 0 saturated carbocycles. The number of nitrogens with zero attached hydrogens (tertiary/aromatic N) is 2. The fourth-order valence-electron chi connectivity index (χ4n) is 5.99. The fraction of sp³-hybridized carbons (Fsp3) is 0.794. The van der Waals surface area contributed by atoms with Crippen molar-refractivity contribution in [1.29, 1.82) is 0 Å². The lowest BCUT2D eigenvalue weighted by Crippen LogP contribution is -2.25. The average Bonchev–Trinajstić information content (AvgIpc) is 3.35. The maximum atomic E-state index is 4.83. The number of unbranched alkanes of at least 4 members (excludes halogenated alkanes) is 16. The number of allylic oxidation sites excluding steroid dienone is 4. The number of hydrogen-bond acceptors (Lipinski definition) is 1. The van der Waals surface area contributed by atoms with Crippen LogP contribution in [0.15, 0.2) is 36.7 Å². The summed E-state index contributed by atoms with van der Waals surface area (Å²) >= 11 is 0. The van der Waals surface area contributed by atoms with Gasteiger partial charge < -0.3 is 4.57 Å². The number of imidazole rings is 1. The van der Waals surface area contributed by atoms with Gasteiger partial charge in [-0.3, -0.25) is 0 Å². The van der Waals surface area contributed by atoms with Crippen LogP contribution in [0.2, 0.25) is 0 Å². The van der Waals surface area contributed by atoms with Crippen molar-refractivity contribution in [1.82, 2.24) is 9.55 Å². The SMILES string of the molecule is CCCCCCCCCCCCCCCCCC1(Cc2nccn2C(C)CCCCC)C=CC=CC1. The van der Waals surface area contributed by atoms with Crippen molar-refractivity contribution >= 4 is 0 Å².